The lowest BCUT2D eigenvalue weighted by Gasteiger charge is -2.36. The fraction of sp³-hybridized carbons (Fsp3) is 0.444. The third kappa shape index (κ3) is 3.38. The Morgan fingerprint density at radius 3 is 2.96 bits per heavy atom. The van der Waals surface area contributed by atoms with Gasteiger partial charge in [0.2, 0.25) is 11.8 Å². The average molecular weight is 313 g/mol. The predicted molar refractivity (Wildman–Crippen MR) is 90.8 cm³/mol. The molecule has 1 N–H and O–H groups in total. The van der Waals surface area contributed by atoms with Crippen molar-refractivity contribution in [2.24, 2.45) is 0 Å². The smallest absolute Gasteiger partial charge is 0.246 e. The maximum absolute atomic E-state index is 12.4. The number of rotatable bonds is 4. The van der Waals surface area contributed by atoms with E-state index in [1.54, 1.807) is 6.07 Å². The number of aryl methyl sites for hydroxylation is 1. The van der Waals surface area contributed by atoms with Crippen LogP contribution >= 0.6 is 0 Å². The molecule has 0 bridgehead atoms. The summed E-state index contributed by atoms with van der Waals surface area (Å²) in [7, 11) is 0. The number of nitrogens with one attached hydrogen (secondary N) is 1. The minimum Gasteiger partial charge on any atom is -0.359 e. The summed E-state index contributed by atoms with van der Waals surface area (Å²) in [5.74, 6) is 0.607. The zero-order chi connectivity index (χ0) is 16.4. The van der Waals surface area contributed by atoms with Crippen molar-refractivity contribution in [3.05, 3.63) is 41.6 Å². The summed E-state index contributed by atoms with van der Waals surface area (Å²) in [6, 6.07) is 10.4. The highest BCUT2D eigenvalue weighted by molar-refractivity contribution is 5.93. The molecule has 2 heterocycles. The summed E-state index contributed by atoms with van der Waals surface area (Å²) >= 11 is 0. The molecular weight excluding hydrogens is 290 g/mol. The number of nitrogens with zero attached hydrogens (tertiary/aromatic N) is 2. The normalized spacial score (nSPS) is 17.2. The van der Waals surface area contributed by atoms with E-state index in [0.717, 1.165) is 24.2 Å². The van der Waals surface area contributed by atoms with E-state index >= 15 is 0 Å². The fourth-order valence-electron chi connectivity index (χ4n) is 2.95. The molecule has 0 radical (unpaired) electrons. The maximum Gasteiger partial charge on any atom is 0.246 e. The van der Waals surface area contributed by atoms with Crippen LogP contribution in [0, 0.1) is 0 Å². The number of amides is 1. The lowest BCUT2D eigenvalue weighted by Crippen LogP contribution is -2.42. The molecule has 1 aromatic heterocycles. The molecule has 0 unspecified atom stereocenters. The van der Waals surface area contributed by atoms with Gasteiger partial charge in [-0.2, -0.15) is 0 Å². The van der Waals surface area contributed by atoms with Crippen LogP contribution in [0.1, 0.15) is 44.4 Å². The zero-order valence-corrected chi connectivity index (χ0v) is 13.9. The Balaban J connectivity index is 1.69. The Morgan fingerprint density at radius 2 is 2.22 bits per heavy atom. The van der Waals surface area contributed by atoms with E-state index in [-0.39, 0.29) is 11.8 Å². The number of anilines is 2. The van der Waals surface area contributed by atoms with Gasteiger partial charge >= 0.3 is 0 Å². The second-order valence-corrected chi connectivity index (χ2v) is 6.46. The van der Waals surface area contributed by atoms with Crippen LogP contribution in [0.5, 0.6) is 0 Å². The predicted octanol–water partition coefficient (Wildman–Crippen LogP) is 3.58. The summed E-state index contributed by atoms with van der Waals surface area (Å²) in [6.45, 7) is 6.55. The second-order valence-electron chi connectivity index (χ2n) is 6.46. The van der Waals surface area contributed by atoms with Gasteiger partial charge in [-0.15, -0.1) is 0 Å². The first-order valence-corrected chi connectivity index (χ1v) is 8.15. The van der Waals surface area contributed by atoms with Crippen LogP contribution in [0.2, 0.25) is 0 Å². The molecule has 0 spiro atoms. The van der Waals surface area contributed by atoms with E-state index in [1.807, 2.05) is 19.9 Å². The van der Waals surface area contributed by atoms with Crippen molar-refractivity contribution in [3.63, 3.8) is 0 Å². The van der Waals surface area contributed by atoms with Gasteiger partial charge in [0.15, 0.2) is 0 Å². The van der Waals surface area contributed by atoms with Gasteiger partial charge < -0.3 is 9.42 Å². The molecule has 1 atom stereocenters. The first-order valence-electron chi connectivity index (χ1n) is 8.15. The molecule has 5 nitrogen and oxygen atoms in total. The summed E-state index contributed by atoms with van der Waals surface area (Å²) in [5.41, 5.74) is 3.30. The Morgan fingerprint density at radius 1 is 1.43 bits per heavy atom. The summed E-state index contributed by atoms with van der Waals surface area (Å²) < 4.78 is 5.18. The van der Waals surface area contributed by atoms with Crippen LogP contribution in [0.15, 0.2) is 34.9 Å². The minimum atomic E-state index is -0.0833. The molecule has 0 aliphatic carbocycles. The Hall–Kier alpha value is -2.30. The average Bonchev–Trinajstić information content (AvgIpc) is 2.99. The van der Waals surface area contributed by atoms with Crippen molar-refractivity contribution in [1.82, 2.24) is 5.16 Å². The summed E-state index contributed by atoms with van der Waals surface area (Å²) in [6.07, 6.45) is 2.12. The Labute approximate surface area is 136 Å². The quantitative estimate of drug-likeness (QED) is 0.937. The van der Waals surface area contributed by atoms with Crippen LogP contribution in [-0.4, -0.2) is 23.7 Å². The van der Waals surface area contributed by atoms with Crippen molar-refractivity contribution in [1.29, 1.82) is 0 Å². The lowest BCUT2D eigenvalue weighted by atomic mass is 9.97. The highest BCUT2D eigenvalue weighted by Crippen LogP contribution is 2.30. The first kappa shape index (κ1) is 15.6. The van der Waals surface area contributed by atoms with Crippen LogP contribution in [0.25, 0.3) is 0 Å². The third-order valence-electron chi connectivity index (χ3n) is 4.36. The molecule has 23 heavy (non-hydrogen) atoms. The van der Waals surface area contributed by atoms with E-state index in [9.17, 15) is 4.79 Å². The molecule has 2 aromatic rings. The Kier molecular flexibility index (Phi) is 4.37. The second kappa shape index (κ2) is 6.44. The molecule has 1 aliphatic rings. The zero-order valence-electron chi connectivity index (χ0n) is 13.9. The van der Waals surface area contributed by atoms with E-state index < -0.39 is 0 Å². The minimum absolute atomic E-state index is 0.0833. The molecule has 0 saturated heterocycles. The molecule has 1 amide bonds. The van der Waals surface area contributed by atoms with Gasteiger partial charge in [0.05, 0.1) is 12.2 Å². The molecule has 1 aliphatic heterocycles. The molecule has 122 valence electrons. The molecule has 5 heteroatoms. The van der Waals surface area contributed by atoms with Crippen LogP contribution < -0.4 is 10.2 Å². The van der Waals surface area contributed by atoms with Gasteiger partial charge in [-0.25, -0.2) is 0 Å². The van der Waals surface area contributed by atoms with E-state index in [0.29, 0.717) is 18.5 Å². The van der Waals surface area contributed by atoms with Crippen molar-refractivity contribution >= 4 is 17.5 Å². The standard InChI is InChI=1S/C18H23N3O2/c1-12(2)15-10-18(23-20-15)19-17(22)11-21-13(3)8-9-14-6-4-5-7-16(14)21/h4-7,10,12-13H,8-9,11H2,1-3H3,(H,19,22)/t13-/m1/s1. The van der Waals surface area contributed by atoms with Gasteiger partial charge in [-0.05, 0) is 37.3 Å². The van der Waals surface area contributed by atoms with Gasteiger partial charge in [0.25, 0.3) is 0 Å². The summed E-state index contributed by atoms with van der Waals surface area (Å²) in [5, 5.41) is 6.77. The van der Waals surface area contributed by atoms with E-state index in [1.165, 1.54) is 5.56 Å². The van der Waals surface area contributed by atoms with Gasteiger partial charge in [0, 0.05) is 17.8 Å². The SMILES string of the molecule is CC(C)c1cc(NC(=O)CN2c3ccccc3CC[C@H]2C)on1. The highest BCUT2D eigenvalue weighted by atomic mass is 16.5. The van der Waals surface area contributed by atoms with Crippen molar-refractivity contribution < 1.29 is 9.32 Å². The van der Waals surface area contributed by atoms with Crippen LogP contribution in [0.3, 0.4) is 0 Å². The number of aromatic nitrogens is 1. The van der Waals surface area contributed by atoms with E-state index in [4.69, 9.17) is 4.52 Å². The number of para-hydroxylation sites is 1. The number of fused-ring (bicyclic) bond motifs is 1. The number of carbonyl (C=O) groups is 1. The number of carbonyl (C=O) groups excluding carboxylic acids is 1. The van der Waals surface area contributed by atoms with Gasteiger partial charge in [-0.1, -0.05) is 37.2 Å². The first-order chi connectivity index (χ1) is 11.0. The number of benzene rings is 1. The van der Waals surface area contributed by atoms with Crippen LogP contribution in [0.4, 0.5) is 11.6 Å². The number of hydrogen-bond donors (Lipinski definition) is 1. The highest BCUT2D eigenvalue weighted by Gasteiger charge is 2.24. The van der Waals surface area contributed by atoms with Crippen LogP contribution in [-0.2, 0) is 11.2 Å². The topological polar surface area (TPSA) is 58.4 Å². The van der Waals surface area contributed by atoms with Gasteiger partial charge in [0.1, 0.15) is 0 Å². The summed E-state index contributed by atoms with van der Waals surface area (Å²) in [4.78, 5) is 14.5. The molecular formula is C18H23N3O2. The van der Waals surface area contributed by atoms with Crippen molar-refractivity contribution in [3.8, 4) is 0 Å². The molecule has 0 fully saturated rings. The fourth-order valence-corrected chi connectivity index (χ4v) is 2.95. The Bertz CT molecular complexity index is 693. The third-order valence-corrected chi connectivity index (χ3v) is 4.36. The molecule has 1 aromatic carbocycles. The molecule has 0 saturated carbocycles. The number of hydrogen-bond acceptors (Lipinski definition) is 4. The maximum atomic E-state index is 12.4. The molecule has 3 rings (SSSR count). The van der Waals surface area contributed by atoms with Gasteiger partial charge in [-0.3, -0.25) is 10.1 Å². The van der Waals surface area contributed by atoms with Crippen molar-refractivity contribution in [2.45, 2.75) is 45.6 Å². The lowest BCUT2D eigenvalue weighted by molar-refractivity contribution is -0.115. The monoisotopic (exact) mass is 313 g/mol. The van der Waals surface area contributed by atoms with E-state index in [2.05, 4.69) is 40.5 Å². The van der Waals surface area contributed by atoms with Crippen molar-refractivity contribution in [2.75, 3.05) is 16.8 Å². The largest absolute Gasteiger partial charge is 0.359 e.